The lowest BCUT2D eigenvalue weighted by Crippen LogP contribution is -2.39. The lowest BCUT2D eigenvalue weighted by Gasteiger charge is -2.22. The summed E-state index contributed by atoms with van der Waals surface area (Å²) in [6, 6.07) is 9.39. The van der Waals surface area contributed by atoms with Gasteiger partial charge in [0.05, 0.1) is 34.8 Å². The van der Waals surface area contributed by atoms with E-state index in [2.05, 4.69) is 10.5 Å². The molecule has 0 aromatic heterocycles. The fourth-order valence-corrected chi connectivity index (χ4v) is 3.61. The van der Waals surface area contributed by atoms with Gasteiger partial charge in [0.2, 0.25) is 10.0 Å². The average Bonchev–Trinajstić information content (AvgIpc) is 2.66. The van der Waals surface area contributed by atoms with Crippen molar-refractivity contribution in [2.45, 2.75) is 26.1 Å². The van der Waals surface area contributed by atoms with E-state index >= 15 is 0 Å². The number of alkyl halides is 3. The Morgan fingerprint density at radius 2 is 1.84 bits per heavy atom. The van der Waals surface area contributed by atoms with Gasteiger partial charge in [0.15, 0.2) is 0 Å². The van der Waals surface area contributed by atoms with Gasteiger partial charge in [-0.25, -0.2) is 13.8 Å². The van der Waals surface area contributed by atoms with Crippen molar-refractivity contribution in [1.82, 2.24) is 5.43 Å². The number of nitrogens with one attached hydrogen (secondary N) is 1. The van der Waals surface area contributed by atoms with Gasteiger partial charge >= 0.3 is 6.18 Å². The molecular formula is C20H21ClF3N3O4S. The number of hydrogen-bond donors (Lipinski definition) is 1. The van der Waals surface area contributed by atoms with E-state index in [9.17, 15) is 26.4 Å². The third kappa shape index (κ3) is 7.41. The molecule has 0 saturated heterocycles. The van der Waals surface area contributed by atoms with Gasteiger partial charge in [0.25, 0.3) is 5.91 Å². The van der Waals surface area contributed by atoms with Crippen LogP contribution in [-0.4, -0.2) is 39.4 Å². The third-order valence-electron chi connectivity index (χ3n) is 3.89. The Bertz CT molecular complexity index is 1090. The summed E-state index contributed by atoms with van der Waals surface area (Å²) in [5.74, 6) is -0.193. The molecule has 0 radical (unpaired) electrons. The second-order valence-electron chi connectivity index (χ2n) is 6.96. The molecule has 0 unspecified atom stereocenters. The Balaban J connectivity index is 2.12. The second-order valence-corrected chi connectivity index (χ2v) is 9.27. The van der Waals surface area contributed by atoms with Crippen molar-refractivity contribution in [3.05, 3.63) is 58.6 Å². The first kappa shape index (κ1) is 25.5. The lowest BCUT2D eigenvalue weighted by atomic mass is 10.2. The van der Waals surface area contributed by atoms with Crippen LogP contribution in [0.3, 0.4) is 0 Å². The minimum Gasteiger partial charge on any atom is -0.491 e. The van der Waals surface area contributed by atoms with Crippen molar-refractivity contribution in [2.24, 2.45) is 5.10 Å². The first-order valence-corrected chi connectivity index (χ1v) is 11.4. The van der Waals surface area contributed by atoms with Crippen LogP contribution in [0.4, 0.5) is 18.9 Å². The number of benzene rings is 2. The molecule has 32 heavy (non-hydrogen) atoms. The Kier molecular flexibility index (Phi) is 8.13. The van der Waals surface area contributed by atoms with Gasteiger partial charge in [-0.05, 0) is 61.9 Å². The van der Waals surface area contributed by atoms with E-state index in [0.717, 1.165) is 18.4 Å². The number of halogens is 4. The van der Waals surface area contributed by atoms with Gasteiger partial charge in [0, 0.05) is 0 Å². The number of amides is 1. The standard InChI is InChI=1S/C20H21ClF3N3O4S/c1-13(2)31-16-7-4-14(5-8-16)11-25-26-19(28)12-27(32(3,29)30)15-6-9-18(21)17(10-15)20(22,23)24/h4-11,13H,12H2,1-3H3,(H,26,28)/b25-11-. The van der Waals surface area contributed by atoms with Crippen LogP contribution >= 0.6 is 11.6 Å². The van der Waals surface area contributed by atoms with E-state index in [1.165, 1.54) is 6.21 Å². The van der Waals surface area contributed by atoms with Crippen LogP contribution in [0.1, 0.15) is 25.0 Å². The first-order chi connectivity index (χ1) is 14.8. The number of ether oxygens (including phenoxy) is 1. The van der Waals surface area contributed by atoms with E-state index in [1.807, 2.05) is 13.8 Å². The number of nitrogens with zero attached hydrogens (tertiary/aromatic N) is 2. The molecule has 0 atom stereocenters. The van der Waals surface area contributed by atoms with Crippen molar-refractivity contribution < 1.29 is 31.1 Å². The number of anilines is 1. The fourth-order valence-electron chi connectivity index (χ4n) is 2.53. The maximum absolute atomic E-state index is 13.1. The highest BCUT2D eigenvalue weighted by Crippen LogP contribution is 2.37. The van der Waals surface area contributed by atoms with Gasteiger partial charge in [0.1, 0.15) is 12.3 Å². The number of carbonyl (C=O) groups is 1. The Morgan fingerprint density at radius 3 is 2.38 bits per heavy atom. The first-order valence-electron chi connectivity index (χ1n) is 9.20. The molecule has 0 bridgehead atoms. The molecule has 0 aliphatic heterocycles. The summed E-state index contributed by atoms with van der Waals surface area (Å²) >= 11 is 5.57. The molecule has 2 aromatic carbocycles. The Morgan fingerprint density at radius 1 is 1.22 bits per heavy atom. The van der Waals surface area contributed by atoms with Crippen LogP contribution < -0.4 is 14.5 Å². The lowest BCUT2D eigenvalue weighted by molar-refractivity contribution is -0.137. The highest BCUT2D eigenvalue weighted by atomic mass is 35.5. The van der Waals surface area contributed by atoms with Crippen molar-refractivity contribution in [1.29, 1.82) is 0 Å². The van der Waals surface area contributed by atoms with Gasteiger partial charge < -0.3 is 4.74 Å². The molecule has 174 valence electrons. The van der Waals surface area contributed by atoms with Crippen LogP contribution in [0.15, 0.2) is 47.6 Å². The van der Waals surface area contributed by atoms with Gasteiger partial charge in [-0.15, -0.1) is 0 Å². The minimum absolute atomic E-state index is 0.0134. The molecule has 2 aromatic rings. The average molecular weight is 492 g/mol. The van der Waals surface area contributed by atoms with Crippen LogP contribution in [0.2, 0.25) is 5.02 Å². The molecular weight excluding hydrogens is 471 g/mol. The zero-order chi connectivity index (χ0) is 24.1. The van der Waals surface area contributed by atoms with E-state index in [0.29, 0.717) is 21.7 Å². The summed E-state index contributed by atoms with van der Waals surface area (Å²) in [6.07, 6.45) is -2.68. The zero-order valence-electron chi connectivity index (χ0n) is 17.4. The SMILES string of the molecule is CC(C)Oc1ccc(/C=N\NC(=O)CN(c2ccc(Cl)c(C(F)(F)F)c2)S(C)(=O)=O)cc1. The molecule has 0 aliphatic rings. The summed E-state index contributed by atoms with van der Waals surface area (Å²) in [6.45, 7) is 2.99. The maximum atomic E-state index is 13.1. The van der Waals surface area contributed by atoms with Crippen LogP contribution in [0.5, 0.6) is 5.75 Å². The number of sulfonamides is 1. The molecule has 0 saturated carbocycles. The highest BCUT2D eigenvalue weighted by Gasteiger charge is 2.34. The van der Waals surface area contributed by atoms with Crippen LogP contribution in [0.25, 0.3) is 0 Å². The van der Waals surface area contributed by atoms with E-state index in [1.54, 1.807) is 24.3 Å². The zero-order valence-corrected chi connectivity index (χ0v) is 18.9. The molecule has 7 nitrogen and oxygen atoms in total. The summed E-state index contributed by atoms with van der Waals surface area (Å²) in [7, 11) is -4.08. The predicted octanol–water partition coefficient (Wildman–Crippen LogP) is 4.06. The fraction of sp³-hybridized carbons (Fsp3) is 0.300. The molecule has 1 amide bonds. The highest BCUT2D eigenvalue weighted by molar-refractivity contribution is 7.92. The number of rotatable bonds is 8. The second kappa shape index (κ2) is 10.2. The number of carbonyl (C=O) groups excluding carboxylic acids is 1. The summed E-state index contributed by atoms with van der Waals surface area (Å²) in [4.78, 5) is 12.2. The Labute approximate surface area is 188 Å². The summed E-state index contributed by atoms with van der Waals surface area (Å²) < 4.78 is 69.6. The molecule has 12 heteroatoms. The summed E-state index contributed by atoms with van der Waals surface area (Å²) in [5.41, 5.74) is 1.21. The topological polar surface area (TPSA) is 88.1 Å². The number of hydrazone groups is 1. The molecule has 0 heterocycles. The maximum Gasteiger partial charge on any atom is 0.417 e. The van der Waals surface area contributed by atoms with Gasteiger partial charge in [-0.1, -0.05) is 11.6 Å². The van der Waals surface area contributed by atoms with Crippen LogP contribution in [-0.2, 0) is 21.0 Å². The van der Waals surface area contributed by atoms with E-state index in [-0.39, 0.29) is 11.8 Å². The smallest absolute Gasteiger partial charge is 0.417 e. The van der Waals surface area contributed by atoms with Crippen LogP contribution in [0, 0.1) is 0 Å². The molecule has 0 fully saturated rings. The van der Waals surface area contributed by atoms with Gasteiger partial charge in [-0.3, -0.25) is 9.10 Å². The number of hydrogen-bond acceptors (Lipinski definition) is 5. The quantitative estimate of drug-likeness (QED) is 0.445. The normalized spacial score (nSPS) is 12.2. The minimum atomic E-state index is -4.79. The Hall–Kier alpha value is -2.79. The third-order valence-corrected chi connectivity index (χ3v) is 5.36. The van der Waals surface area contributed by atoms with E-state index in [4.69, 9.17) is 16.3 Å². The molecule has 0 spiro atoms. The molecule has 2 rings (SSSR count). The van der Waals surface area contributed by atoms with Crippen molar-refractivity contribution in [3.8, 4) is 5.75 Å². The van der Waals surface area contributed by atoms with Gasteiger partial charge in [-0.2, -0.15) is 18.3 Å². The van der Waals surface area contributed by atoms with E-state index < -0.39 is 39.2 Å². The largest absolute Gasteiger partial charge is 0.491 e. The monoisotopic (exact) mass is 491 g/mol. The molecule has 0 aliphatic carbocycles. The van der Waals surface area contributed by atoms with Crippen molar-refractivity contribution >= 4 is 39.4 Å². The summed E-state index contributed by atoms with van der Waals surface area (Å²) in [5, 5.41) is 3.15. The van der Waals surface area contributed by atoms with Crippen molar-refractivity contribution in [3.63, 3.8) is 0 Å². The van der Waals surface area contributed by atoms with Crippen molar-refractivity contribution in [2.75, 3.05) is 17.1 Å². The predicted molar refractivity (Wildman–Crippen MR) is 117 cm³/mol. The molecule has 1 N–H and O–H groups in total.